The van der Waals surface area contributed by atoms with Gasteiger partial charge in [0.25, 0.3) is 0 Å². The van der Waals surface area contributed by atoms with Crippen molar-refractivity contribution in [2.45, 2.75) is 11.8 Å². The van der Waals surface area contributed by atoms with E-state index in [1.165, 1.54) is 0 Å². The largest absolute Gasteiger partial charge is 0.399 e. The Kier molecular flexibility index (Phi) is 3.06. The summed E-state index contributed by atoms with van der Waals surface area (Å²) < 4.78 is 13.3. The van der Waals surface area contributed by atoms with Crippen molar-refractivity contribution in [2.24, 2.45) is 0 Å². The van der Waals surface area contributed by atoms with Crippen molar-refractivity contribution in [3.63, 3.8) is 0 Å². The van der Waals surface area contributed by atoms with Gasteiger partial charge in [0.2, 0.25) is 0 Å². The Bertz CT molecular complexity index is 336. The Labute approximate surface area is 81.1 Å². The molecule has 13 heavy (non-hydrogen) atoms. The zero-order valence-electron chi connectivity index (χ0n) is 8.11. The number of nitrogens with zero attached hydrogens (tertiary/aromatic N) is 1. The summed E-state index contributed by atoms with van der Waals surface area (Å²) in [5.41, 5.74) is 7.37. The van der Waals surface area contributed by atoms with Gasteiger partial charge >= 0.3 is 0 Å². The van der Waals surface area contributed by atoms with Gasteiger partial charge in [0.05, 0.1) is 0 Å². The first-order chi connectivity index (χ1) is 6.02. The van der Waals surface area contributed by atoms with Gasteiger partial charge in [-0.05, 0) is 30.7 Å². The molecule has 0 spiro atoms. The molecule has 3 nitrogen and oxygen atoms in total. The third-order valence-corrected chi connectivity index (χ3v) is 3.28. The number of nitrogens with two attached hydrogens (primary N) is 1. The van der Waals surface area contributed by atoms with Crippen LogP contribution in [-0.2, 0) is 15.2 Å². The minimum atomic E-state index is -1.44. The highest BCUT2D eigenvalue weighted by molar-refractivity contribution is 7.82. The second kappa shape index (κ2) is 3.89. The predicted octanol–water partition coefficient (Wildman–Crippen LogP) is 1.11. The Morgan fingerprint density at radius 3 is 2.46 bits per heavy atom. The molecule has 0 fully saturated rings. The molecule has 0 radical (unpaired) electrons. The number of nitrogen functional groups attached to an aromatic ring is 1. The maximum Gasteiger partial charge on any atom is 0.177 e. The van der Waals surface area contributed by atoms with E-state index in [2.05, 4.69) is 0 Å². The molecule has 1 unspecified atom stereocenters. The maximum absolute atomic E-state index is 11.6. The monoisotopic (exact) mass is 199 g/mol. The van der Waals surface area contributed by atoms with Gasteiger partial charge < -0.3 is 5.73 Å². The van der Waals surface area contributed by atoms with Gasteiger partial charge in [-0.3, -0.25) is 0 Å². The SMILES string of the molecule is Cc1cc([SH+](=O)N(C)C)ccc1N. The lowest BCUT2D eigenvalue weighted by atomic mass is 10.2. The van der Waals surface area contributed by atoms with Crippen molar-refractivity contribution in [1.82, 2.24) is 4.31 Å². The minimum Gasteiger partial charge on any atom is -0.399 e. The van der Waals surface area contributed by atoms with E-state index in [4.69, 9.17) is 5.73 Å². The average molecular weight is 199 g/mol. The number of aryl methyl sites for hydroxylation is 1. The highest BCUT2D eigenvalue weighted by Crippen LogP contribution is 2.16. The first-order valence-corrected chi connectivity index (χ1v) is 5.24. The van der Waals surface area contributed by atoms with E-state index < -0.39 is 11.0 Å². The molecule has 1 aromatic carbocycles. The summed E-state index contributed by atoms with van der Waals surface area (Å²) in [5.74, 6) is 0. The predicted molar refractivity (Wildman–Crippen MR) is 57.0 cm³/mol. The Hall–Kier alpha value is -0.870. The van der Waals surface area contributed by atoms with Gasteiger partial charge in [0.15, 0.2) is 15.9 Å². The molecule has 0 heterocycles. The van der Waals surface area contributed by atoms with Crippen LogP contribution >= 0.6 is 0 Å². The average Bonchev–Trinajstić information content (AvgIpc) is 2.08. The minimum absolute atomic E-state index is 0.742. The van der Waals surface area contributed by atoms with E-state index in [9.17, 15) is 4.21 Å². The smallest absolute Gasteiger partial charge is 0.177 e. The van der Waals surface area contributed by atoms with Crippen LogP contribution in [0.2, 0.25) is 0 Å². The maximum atomic E-state index is 11.6. The Morgan fingerprint density at radius 2 is 2.00 bits per heavy atom. The van der Waals surface area contributed by atoms with E-state index in [1.54, 1.807) is 30.5 Å². The molecule has 2 N–H and O–H groups in total. The first-order valence-electron chi connectivity index (χ1n) is 4.03. The Morgan fingerprint density at radius 1 is 1.38 bits per heavy atom. The molecule has 4 heteroatoms. The molecule has 1 aromatic rings. The normalized spacial score (nSPS) is 13.2. The van der Waals surface area contributed by atoms with Crippen LogP contribution in [0.3, 0.4) is 0 Å². The summed E-state index contributed by atoms with van der Waals surface area (Å²) in [6, 6.07) is 5.47. The summed E-state index contributed by atoms with van der Waals surface area (Å²) in [6.45, 7) is 1.91. The van der Waals surface area contributed by atoms with Crippen molar-refractivity contribution >= 4 is 16.7 Å². The molecule has 1 atom stereocenters. The summed E-state index contributed by atoms with van der Waals surface area (Å²) in [7, 11) is 2.16. The van der Waals surface area contributed by atoms with E-state index in [1.807, 2.05) is 13.0 Å². The lowest BCUT2D eigenvalue weighted by Crippen LogP contribution is -2.14. The van der Waals surface area contributed by atoms with E-state index in [0.29, 0.717) is 0 Å². The van der Waals surface area contributed by atoms with Gasteiger partial charge in [0.1, 0.15) is 0 Å². The van der Waals surface area contributed by atoms with Crippen molar-refractivity contribution < 1.29 is 4.21 Å². The number of rotatable bonds is 2. The molecule has 0 aliphatic heterocycles. The second-order valence-electron chi connectivity index (χ2n) is 3.16. The van der Waals surface area contributed by atoms with Crippen LogP contribution < -0.4 is 5.73 Å². The molecular weight excluding hydrogens is 184 g/mol. The second-order valence-corrected chi connectivity index (χ2v) is 5.02. The van der Waals surface area contributed by atoms with E-state index in [0.717, 1.165) is 16.1 Å². The molecular formula is C9H15N2OS+. The van der Waals surface area contributed by atoms with Crippen LogP contribution in [0.25, 0.3) is 0 Å². The fraction of sp³-hybridized carbons (Fsp3) is 0.333. The fourth-order valence-electron chi connectivity index (χ4n) is 1.01. The van der Waals surface area contributed by atoms with Crippen molar-refractivity contribution in [3.8, 4) is 0 Å². The fourth-order valence-corrected chi connectivity index (χ4v) is 1.98. The molecule has 0 amide bonds. The molecule has 0 aliphatic rings. The highest BCUT2D eigenvalue weighted by atomic mass is 32.2. The molecule has 0 aromatic heterocycles. The van der Waals surface area contributed by atoms with Gasteiger partial charge in [-0.1, -0.05) is 4.21 Å². The molecule has 0 bridgehead atoms. The summed E-state index contributed by atoms with van der Waals surface area (Å²) in [4.78, 5) is 0.826. The van der Waals surface area contributed by atoms with Crippen molar-refractivity contribution in [3.05, 3.63) is 23.8 Å². The van der Waals surface area contributed by atoms with Crippen LogP contribution in [0.15, 0.2) is 23.1 Å². The van der Waals surface area contributed by atoms with Crippen LogP contribution in [0.1, 0.15) is 5.56 Å². The lowest BCUT2D eigenvalue weighted by Gasteiger charge is -2.04. The summed E-state index contributed by atoms with van der Waals surface area (Å²) in [6.07, 6.45) is 0. The van der Waals surface area contributed by atoms with E-state index in [-0.39, 0.29) is 0 Å². The van der Waals surface area contributed by atoms with Crippen LogP contribution in [0, 0.1) is 6.92 Å². The summed E-state index contributed by atoms with van der Waals surface area (Å²) in [5, 5.41) is 0. The highest BCUT2D eigenvalue weighted by Gasteiger charge is 2.13. The van der Waals surface area contributed by atoms with E-state index >= 15 is 0 Å². The molecule has 0 aliphatic carbocycles. The number of thiol groups is 1. The third kappa shape index (κ3) is 2.29. The standard InChI is InChI=1S/C9H14N2OS/c1-7-6-8(4-5-9(7)10)13(12)11(2)3/h4-6H,10H2,1-3H3/p+1. The number of benzene rings is 1. The third-order valence-electron chi connectivity index (χ3n) is 1.84. The molecule has 1 rings (SSSR count). The van der Waals surface area contributed by atoms with Crippen LogP contribution in [0.5, 0.6) is 0 Å². The van der Waals surface area contributed by atoms with Gasteiger partial charge in [0, 0.05) is 19.8 Å². The quantitative estimate of drug-likeness (QED) is 0.440. The topological polar surface area (TPSA) is 46.3 Å². The van der Waals surface area contributed by atoms with Gasteiger partial charge in [-0.2, -0.15) is 0 Å². The Balaban J connectivity index is 3.04. The van der Waals surface area contributed by atoms with Crippen molar-refractivity contribution in [1.29, 1.82) is 0 Å². The zero-order valence-corrected chi connectivity index (χ0v) is 9.01. The van der Waals surface area contributed by atoms with Gasteiger partial charge in [-0.15, -0.1) is 4.31 Å². The van der Waals surface area contributed by atoms with Crippen LogP contribution in [0.4, 0.5) is 5.69 Å². The number of anilines is 1. The van der Waals surface area contributed by atoms with Crippen molar-refractivity contribution in [2.75, 3.05) is 19.8 Å². The zero-order chi connectivity index (χ0) is 10.0. The number of hydrogen-bond donors (Lipinski definition) is 1. The molecule has 0 saturated carbocycles. The lowest BCUT2D eigenvalue weighted by molar-refractivity contribution is 0.548. The number of hydrogen-bond acceptors (Lipinski definition) is 2. The molecule has 0 saturated heterocycles. The molecule has 72 valence electrons. The van der Waals surface area contributed by atoms with Gasteiger partial charge in [-0.25, -0.2) is 0 Å². The first kappa shape index (κ1) is 10.2. The summed E-state index contributed by atoms with van der Waals surface area (Å²) >= 11 is 0. The van der Waals surface area contributed by atoms with Crippen LogP contribution in [-0.4, -0.2) is 18.4 Å².